The molecule has 3 rings (SSSR count). The van der Waals surface area contributed by atoms with Crippen LogP contribution in [0.1, 0.15) is 31.2 Å². The molecule has 2 aliphatic carbocycles. The Morgan fingerprint density at radius 3 is 2.65 bits per heavy atom. The summed E-state index contributed by atoms with van der Waals surface area (Å²) < 4.78 is 0. The molecule has 0 spiro atoms. The van der Waals surface area contributed by atoms with Crippen molar-refractivity contribution < 1.29 is 4.79 Å². The van der Waals surface area contributed by atoms with E-state index >= 15 is 0 Å². The molecule has 1 amide bonds. The van der Waals surface area contributed by atoms with E-state index in [4.69, 9.17) is 0 Å². The number of fused-ring (bicyclic) bond motifs is 2. The van der Waals surface area contributed by atoms with Crippen LogP contribution in [0.3, 0.4) is 0 Å². The molecule has 0 heterocycles. The van der Waals surface area contributed by atoms with E-state index in [9.17, 15) is 4.79 Å². The van der Waals surface area contributed by atoms with Crippen LogP contribution >= 0.6 is 0 Å². The molecular weight excluding hydrogens is 210 g/mol. The minimum atomic E-state index is 0.189. The third kappa shape index (κ3) is 2.36. The summed E-state index contributed by atoms with van der Waals surface area (Å²) >= 11 is 0. The average Bonchev–Trinajstić information content (AvgIpc) is 2.92. The van der Waals surface area contributed by atoms with Crippen LogP contribution < -0.4 is 5.32 Å². The quantitative estimate of drug-likeness (QED) is 0.848. The van der Waals surface area contributed by atoms with E-state index in [1.165, 1.54) is 25.7 Å². The van der Waals surface area contributed by atoms with Crippen molar-refractivity contribution in [1.82, 2.24) is 5.32 Å². The predicted molar refractivity (Wildman–Crippen MR) is 67.5 cm³/mol. The van der Waals surface area contributed by atoms with E-state index in [1.807, 2.05) is 30.3 Å². The van der Waals surface area contributed by atoms with Gasteiger partial charge in [0.2, 0.25) is 5.91 Å². The molecule has 0 radical (unpaired) electrons. The van der Waals surface area contributed by atoms with Crippen LogP contribution in [0.2, 0.25) is 0 Å². The normalized spacial score (nSPS) is 30.5. The lowest BCUT2D eigenvalue weighted by Gasteiger charge is -2.22. The summed E-state index contributed by atoms with van der Waals surface area (Å²) in [5.41, 5.74) is 1.10. The zero-order valence-electron chi connectivity index (χ0n) is 10.1. The lowest BCUT2D eigenvalue weighted by Crippen LogP contribution is -2.39. The number of amides is 1. The number of hydrogen-bond donors (Lipinski definition) is 1. The number of benzene rings is 1. The minimum absolute atomic E-state index is 0.189. The maximum atomic E-state index is 11.9. The van der Waals surface area contributed by atoms with E-state index in [2.05, 4.69) is 5.32 Å². The third-order valence-electron chi connectivity index (χ3n) is 4.29. The minimum Gasteiger partial charge on any atom is -0.353 e. The van der Waals surface area contributed by atoms with Gasteiger partial charge in [-0.3, -0.25) is 4.79 Å². The number of hydrogen-bond acceptors (Lipinski definition) is 1. The lowest BCUT2D eigenvalue weighted by atomic mass is 9.95. The molecular formula is C15H19NO. The Hall–Kier alpha value is -1.31. The molecule has 2 saturated carbocycles. The maximum Gasteiger partial charge on any atom is 0.224 e. The highest BCUT2D eigenvalue weighted by Gasteiger charge is 2.39. The molecule has 3 atom stereocenters. The molecule has 1 aromatic carbocycles. The van der Waals surface area contributed by atoms with Crippen LogP contribution in [0.4, 0.5) is 0 Å². The van der Waals surface area contributed by atoms with E-state index in [0.29, 0.717) is 12.5 Å². The summed E-state index contributed by atoms with van der Waals surface area (Å²) in [4.78, 5) is 11.9. The number of rotatable bonds is 3. The number of carbonyl (C=O) groups is 1. The Labute approximate surface area is 102 Å². The summed E-state index contributed by atoms with van der Waals surface area (Å²) in [6, 6.07) is 10.4. The molecule has 90 valence electrons. The van der Waals surface area contributed by atoms with Gasteiger partial charge in [-0.2, -0.15) is 0 Å². The van der Waals surface area contributed by atoms with Crippen molar-refractivity contribution in [1.29, 1.82) is 0 Å². The number of carbonyl (C=O) groups excluding carboxylic acids is 1. The van der Waals surface area contributed by atoms with Crippen LogP contribution in [0.15, 0.2) is 30.3 Å². The van der Waals surface area contributed by atoms with Crippen LogP contribution in [-0.4, -0.2) is 11.9 Å². The van der Waals surface area contributed by atoms with Gasteiger partial charge < -0.3 is 5.32 Å². The van der Waals surface area contributed by atoms with Crippen LogP contribution in [0, 0.1) is 11.8 Å². The molecule has 0 aliphatic heterocycles. The second-order valence-electron chi connectivity index (χ2n) is 5.51. The summed E-state index contributed by atoms with van der Waals surface area (Å²) in [5, 5.41) is 3.22. The topological polar surface area (TPSA) is 29.1 Å². The molecule has 0 aromatic heterocycles. The zero-order chi connectivity index (χ0) is 11.7. The van der Waals surface area contributed by atoms with Crippen molar-refractivity contribution in [3.63, 3.8) is 0 Å². The van der Waals surface area contributed by atoms with Crippen molar-refractivity contribution in [2.45, 2.75) is 38.1 Å². The molecule has 0 saturated heterocycles. The first-order valence-electron chi connectivity index (χ1n) is 6.64. The first kappa shape index (κ1) is 10.8. The van der Waals surface area contributed by atoms with E-state index in [0.717, 1.165) is 17.4 Å². The van der Waals surface area contributed by atoms with Gasteiger partial charge in [0.1, 0.15) is 0 Å². The Bertz CT molecular complexity index is 401. The second kappa shape index (κ2) is 4.52. The first-order chi connectivity index (χ1) is 8.31. The molecule has 1 aromatic rings. The van der Waals surface area contributed by atoms with E-state index in [-0.39, 0.29) is 5.91 Å². The Morgan fingerprint density at radius 1 is 1.18 bits per heavy atom. The van der Waals surface area contributed by atoms with Crippen molar-refractivity contribution >= 4 is 5.91 Å². The van der Waals surface area contributed by atoms with Crippen LogP contribution in [0.5, 0.6) is 0 Å². The molecule has 2 aliphatic rings. The molecule has 2 heteroatoms. The monoisotopic (exact) mass is 229 g/mol. The van der Waals surface area contributed by atoms with Crippen molar-refractivity contribution in [2.24, 2.45) is 11.8 Å². The molecule has 2 bridgehead atoms. The van der Waals surface area contributed by atoms with Gasteiger partial charge in [-0.25, -0.2) is 0 Å². The fourth-order valence-corrected chi connectivity index (χ4v) is 3.46. The van der Waals surface area contributed by atoms with E-state index < -0.39 is 0 Å². The molecule has 1 N–H and O–H groups in total. The highest BCUT2D eigenvalue weighted by molar-refractivity contribution is 5.78. The second-order valence-corrected chi connectivity index (χ2v) is 5.51. The van der Waals surface area contributed by atoms with Gasteiger partial charge in [0, 0.05) is 6.04 Å². The third-order valence-corrected chi connectivity index (χ3v) is 4.29. The molecule has 17 heavy (non-hydrogen) atoms. The lowest BCUT2D eigenvalue weighted by molar-refractivity contribution is -0.121. The molecule has 2 nitrogen and oxygen atoms in total. The van der Waals surface area contributed by atoms with Crippen molar-refractivity contribution in [3.05, 3.63) is 35.9 Å². The Kier molecular flexibility index (Phi) is 2.87. The fraction of sp³-hybridized carbons (Fsp3) is 0.533. The van der Waals surface area contributed by atoms with Gasteiger partial charge >= 0.3 is 0 Å². The van der Waals surface area contributed by atoms with E-state index in [1.54, 1.807) is 0 Å². The summed E-state index contributed by atoms with van der Waals surface area (Å²) in [6.45, 7) is 0. The zero-order valence-corrected chi connectivity index (χ0v) is 10.1. The SMILES string of the molecule is O=C(Cc1ccccc1)N[C@@H]1C[C@@H]2CC[C@H]1C2. The predicted octanol–water partition coefficient (Wildman–Crippen LogP) is 2.53. The van der Waals surface area contributed by atoms with Crippen LogP contribution in [0.25, 0.3) is 0 Å². The van der Waals surface area contributed by atoms with Gasteiger partial charge in [0.25, 0.3) is 0 Å². The van der Waals surface area contributed by atoms with Crippen LogP contribution in [-0.2, 0) is 11.2 Å². The van der Waals surface area contributed by atoms with Gasteiger partial charge in [-0.15, -0.1) is 0 Å². The summed E-state index contributed by atoms with van der Waals surface area (Å²) in [5.74, 6) is 1.84. The standard InChI is InChI=1S/C15H19NO/c17-15(10-11-4-2-1-3-5-11)16-14-9-12-6-7-13(14)8-12/h1-5,12-14H,6-10H2,(H,16,17)/t12-,13+,14-/m1/s1. The van der Waals surface area contributed by atoms with Gasteiger partial charge in [-0.05, 0) is 36.7 Å². The largest absolute Gasteiger partial charge is 0.353 e. The van der Waals surface area contributed by atoms with Gasteiger partial charge in [-0.1, -0.05) is 36.8 Å². The average molecular weight is 229 g/mol. The fourth-order valence-electron chi connectivity index (χ4n) is 3.46. The highest BCUT2D eigenvalue weighted by atomic mass is 16.1. The summed E-state index contributed by atoms with van der Waals surface area (Å²) in [7, 11) is 0. The maximum absolute atomic E-state index is 11.9. The van der Waals surface area contributed by atoms with Crippen molar-refractivity contribution in [3.8, 4) is 0 Å². The smallest absolute Gasteiger partial charge is 0.224 e. The molecule has 2 fully saturated rings. The van der Waals surface area contributed by atoms with Gasteiger partial charge in [0.05, 0.1) is 6.42 Å². The molecule has 0 unspecified atom stereocenters. The number of nitrogens with one attached hydrogen (secondary N) is 1. The first-order valence-corrected chi connectivity index (χ1v) is 6.64. The Morgan fingerprint density at radius 2 is 2.00 bits per heavy atom. The van der Waals surface area contributed by atoms with Crippen molar-refractivity contribution in [2.75, 3.05) is 0 Å². The Balaban J connectivity index is 1.54. The van der Waals surface area contributed by atoms with Gasteiger partial charge in [0.15, 0.2) is 0 Å². The summed E-state index contributed by atoms with van der Waals surface area (Å²) in [6.07, 6.45) is 5.78. The highest BCUT2D eigenvalue weighted by Crippen LogP contribution is 2.44.